The zero-order valence-electron chi connectivity index (χ0n) is 19.7. The number of piperidine rings is 1. The first-order chi connectivity index (χ1) is 17.9. The number of likely N-dealkylation sites (tertiary alicyclic amines) is 1. The third kappa shape index (κ3) is 4.90. The van der Waals surface area contributed by atoms with E-state index in [1.54, 1.807) is 53.7 Å². The molecule has 1 atom stereocenters. The minimum absolute atomic E-state index is 0.0496. The van der Waals surface area contributed by atoms with E-state index in [-0.39, 0.29) is 17.9 Å². The van der Waals surface area contributed by atoms with Crippen LogP contribution >= 0.6 is 34.2 Å². The van der Waals surface area contributed by atoms with Crippen LogP contribution in [0.15, 0.2) is 61.4 Å². The summed E-state index contributed by atoms with van der Waals surface area (Å²) in [7, 11) is 0. The number of hydrogen-bond acceptors (Lipinski definition) is 6. The molecule has 0 bridgehead atoms. The van der Waals surface area contributed by atoms with E-state index < -0.39 is 0 Å². The van der Waals surface area contributed by atoms with Gasteiger partial charge in [0.1, 0.15) is 17.3 Å². The van der Waals surface area contributed by atoms with Gasteiger partial charge in [-0.3, -0.25) is 14.3 Å². The van der Waals surface area contributed by atoms with Crippen molar-refractivity contribution in [3.8, 4) is 11.3 Å². The Morgan fingerprint density at radius 3 is 2.81 bits per heavy atom. The van der Waals surface area contributed by atoms with E-state index in [0.29, 0.717) is 52.0 Å². The van der Waals surface area contributed by atoms with Crippen molar-refractivity contribution in [3.63, 3.8) is 0 Å². The van der Waals surface area contributed by atoms with E-state index in [1.807, 2.05) is 4.68 Å². The van der Waals surface area contributed by atoms with Gasteiger partial charge in [0.05, 0.1) is 25.5 Å². The molecule has 1 aliphatic rings. The van der Waals surface area contributed by atoms with Gasteiger partial charge in [0.2, 0.25) is 5.91 Å². The van der Waals surface area contributed by atoms with Crippen LogP contribution in [-0.4, -0.2) is 49.6 Å². The van der Waals surface area contributed by atoms with Gasteiger partial charge in [-0.05, 0) is 65.8 Å². The molecule has 9 nitrogen and oxygen atoms in total. The summed E-state index contributed by atoms with van der Waals surface area (Å²) in [5.41, 5.74) is 8.79. The maximum atomic E-state index is 12.7. The van der Waals surface area contributed by atoms with E-state index in [4.69, 9.17) is 22.4 Å². The number of pyridine rings is 2. The molecule has 0 radical (unpaired) electrons. The Morgan fingerprint density at radius 1 is 1.24 bits per heavy atom. The molecule has 3 N–H and O–H groups in total. The monoisotopic (exact) mass is 627 g/mol. The average Bonchev–Trinajstić information content (AvgIpc) is 3.32. The highest BCUT2D eigenvalue weighted by Crippen LogP contribution is 2.39. The Bertz CT molecular complexity index is 1520. The summed E-state index contributed by atoms with van der Waals surface area (Å²) in [6.45, 7) is 4.82. The van der Waals surface area contributed by atoms with E-state index in [1.165, 1.54) is 6.08 Å². The predicted molar refractivity (Wildman–Crippen MR) is 152 cm³/mol. The van der Waals surface area contributed by atoms with Gasteiger partial charge in [0, 0.05) is 36.6 Å². The van der Waals surface area contributed by atoms with Gasteiger partial charge in [0.25, 0.3) is 5.91 Å². The second kappa shape index (κ2) is 10.5. The van der Waals surface area contributed by atoms with Crippen molar-refractivity contribution in [1.82, 2.24) is 24.6 Å². The molecule has 4 heterocycles. The van der Waals surface area contributed by atoms with Gasteiger partial charge in [-0.2, -0.15) is 5.10 Å². The van der Waals surface area contributed by atoms with E-state index in [0.717, 1.165) is 21.9 Å². The Morgan fingerprint density at radius 2 is 2.08 bits per heavy atom. The molecule has 2 amide bonds. The van der Waals surface area contributed by atoms with Crippen LogP contribution in [0, 0.1) is 3.57 Å². The summed E-state index contributed by atoms with van der Waals surface area (Å²) in [6.07, 6.45) is 6.36. The number of aromatic nitrogens is 4. The van der Waals surface area contributed by atoms with Crippen LogP contribution < -0.4 is 11.1 Å². The molecule has 1 aliphatic heterocycles. The molecule has 3 aromatic heterocycles. The average molecular weight is 628 g/mol. The topological polar surface area (TPSA) is 119 Å². The van der Waals surface area contributed by atoms with Crippen molar-refractivity contribution < 1.29 is 9.59 Å². The molecule has 188 valence electrons. The number of nitrogens with zero attached hydrogens (tertiary/aromatic N) is 5. The minimum Gasteiger partial charge on any atom is -0.383 e. The lowest BCUT2D eigenvalue weighted by Crippen LogP contribution is -2.40. The van der Waals surface area contributed by atoms with Crippen molar-refractivity contribution in [2.45, 2.75) is 18.9 Å². The highest BCUT2D eigenvalue weighted by Gasteiger charge is 2.29. The lowest BCUT2D eigenvalue weighted by Gasteiger charge is -2.32. The Labute approximate surface area is 231 Å². The van der Waals surface area contributed by atoms with Crippen LogP contribution in [0.25, 0.3) is 22.2 Å². The van der Waals surface area contributed by atoms with E-state index >= 15 is 0 Å². The smallest absolute Gasteiger partial charge is 0.256 e. The van der Waals surface area contributed by atoms with Crippen LogP contribution in [0.2, 0.25) is 5.02 Å². The summed E-state index contributed by atoms with van der Waals surface area (Å²) in [5.74, 6) is 0.356. The molecule has 11 heteroatoms. The van der Waals surface area contributed by atoms with Crippen molar-refractivity contribution in [1.29, 1.82) is 0 Å². The fourth-order valence-corrected chi connectivity index (χ4v) is 5.49. The van der Waals surface area contributed by atoms with Crippen LogP contribution in [0.4, 0.5) is 11.6 Å². The largest absolute Gasteiger partial charge is 0.383 e. The standard InChI is InChI=1S/C26H23ClIN7O2/c1-2-21(36)34-11-5-6-16(14-34)35-24-19(28)13-31-25(29)22(24)23(33-35)17-9-8-15(12-18(17)27)26(37)32-20-7-3-4-10-30-20/h2-4,7-10,12-13,16H,1,5-6,11,14H2,(H2,29,31)(H,30,32,37). The normalized spacial score (nSPS) is 15.5. The molecule has 0 aliphatic carbocycles. The van der Waals surface area contributed by atoms with Crippen LogP contribution in [0.3, 0.4) is 0 Å². The summed E-state index contributed by atoms with van der Waals surface area (Å²) in [6, 6.07) is 10.3. The van der Waals surface area contributed by atoms with Gasteiger partial charge in [0.15, 0.2) is 0 Å². The Balaban J connectivity index is 1.55. The van der Waals surface area contributed by atoms with Crippen molar-refractivity contribution in [2.24, 2.45) is 0 Å². The number of nitrogens with two attached hydrogens (primary N) is 1. The van der Waals surface area contributed by atoms with E-state index in [9.17, 15) is 9.59 Å². The molecular formula is C26H23ClIN7O2. The number of amides is 2. The lowest BCUT2D eigenvalue weighted by molar-refractivity contribution is -0.127. The third-order valence-corrected chi connectivity index (χ3v) is 7.43. The summed E-state index contributed by atoms with van der Waals surface area (Å²) < 4.78 is 2.82. The molecule has 1 aromatic carbocycles. The van der Waals surface area contributed by atoms with Gasteiger partial charge in [-0.25, -0.2) is 9.97 Å². The number of rotatable bonds is 5. The van der Waals surface area contributed by atoms with Crippen molar-refractivity contribution >= 4 is 68.5 Å². The molecule has 5 rings (SSSR count). The number of nitrogen functional groups attached to an aromatic ring is 1. The summed E-state index contributed by atoms with van der Waals surface area (Å²) >= 11 is 8.93. The molecule has 4 aromatic rings. The maximum absolute atomic E-state index is 12.7. The van der Waals surface area contributed by atoms with Crippen LogP contribution in [-0.2, 0) is 4.79 Å². The second-order valence-electron chi connectivity index (χ2n) is 8.66. The number of anilines is 2. The molecule has 0 saturated carbocycles. The van der Waals surface area contributed by atoms with E-state index in [2.05, 4.69) is 44.5 Å². The first-order valence-corrected chi connectivity index (χ1v) is 13.1. The zero-order valence-corrected chi connectivity index (χ0v) is 22.6. The fraction of sp³-hybridized carbons (Fsp3) is 0.192. The number of fused-ring (bicyclic) bond motifs is 1. The van der Waals surface area contributed by atoms with Gasteiger partial charge in [-0.1, -0.05) is 30.3 Å². The number of benzene rings is 1. The number of carbonyl (C=O) groups excluding carboxylic acids is 2. The number of hydrogen-bond donors (Lipinski definition) is 2. The number of halogens is 2. The highest BCUT2D eigenvalue weighted by molar-refractivity contribution is 14.1. The van der Waals surface area contributed by atoms with Crippen LogP contribution in [0.1, 0.15) is 29.2 Å². The molecule has 1 fully saturated rings. The molecular weight excluding hydrogens is 605 g/mol. The minimum atomic E-state index is -0.326. The third-order valence-electron chi connectivity index (χ3n) is 6.33. The van der Waals surface area contributed by atoms with Gasteiger partial charge < -0.3 is 16.0 Å². The fourth-order valence-electron chi connectivity index (χ4n) is 4.57. The highest BCUT2D eigenvalue weighted by atomic mass is 127. The lowest BCUT2D eigenvalue weighted by atomic mass is 10.0. The zero-order chi connectivity index (χ0) is 26.1. The summed E-state index contributed by atoms with van der Waals surface area (Å²) in [5, 5.41) is 8.76. The summed E-state index contributed by atoms with van der Waals surface area (Å²) in [4.78, 5) is 35.3. The molecule has 1 unspecified atom stereocenters. The first-order valence-electron chi connectivity index (χ1n) is 11.6. The number of carbonyl (C=O) groups is 2. The van der Waals surface area contributed by atoms with Gasteiger partial charge in [-0.15, -0.1) is 0 Å². The molecule has 1 saturated heterocycles. The SMILES string of the molecule is C=CC(=O)N1CCCC(n2nc(-c3ccc(C(=O)Nc4ccccn4)cc3Cl)c3c(N)ncc(I)c32)C1. The van der Waals surface area contributed by atoms with Crippen LogP contribution in [0.5, 0.6) is 0 Å². The quantitative estimate of drug-likeness (QED) is 0.239. The predicted octanol–water partition coefficient (Wildman–Crippen LogP) is 4.94. The molecule has 37 heavy (non-hydrogen) atoms. The van der Waals surface area contributed by atoms with Crippen molar-refractivity contribution in [3.05, 3.63) is 75.6 Å². The second-order valence-corrected chi connectivity index (χ2v) is 10.2. The van der Waals surface area contributed by atoms with Crippen molar-refractivity contribution in [2.75, 3.05) is 24.1 Å². The first kappa shape index (κ1) is 25.2. The maximum Gasteiger partial charge on any atom is 0.256 e. The Hall–Kier alpha value is -3.51. The Kier molecular flexibility index (Phi) is 7.11. The van der Waals surface area contributed by atoms with Gasteiger partial charge >= 0.3 is 0 Å². The molecule has 0 spiro atoms. The number of nitrogens with one attached hydrogen (secondary N) is 1.